The maximum absolute atomic E-state index is 13.2. The molecule has 0 spiro atoms. The molecule has 1 aromatic heterocycles. The third kappa shape index (κ3) is 4.92. The SMILES string of the molecule is COc1cc(CNn2c(-c3ccccc3)n[nH]c2=S)ccc1OCc1ccc(F)cc1Cl. The molecule has 0 fully saturated rings. The van der Waals surface area contributed by atoms with Crippen molar-refractivity contribution in [2.75, 3.05) is 12.5 Å². The van der Waals surface area contributed by atoms with Crippen LogP contribution in [0.2, 0.25) is 5.02 Å². The summed E-state index contributed by atoms with van der Waals surface area (Å²) in [7, 11) is 1.57. The Balaban J connectivity index is 1.47. The molecule has 164 valence electrons. The standard InChI is InChI=1S/C23H20ClFN4O2S/c1-30-21-11-15(7-10-20(21)31-14-17-8-9-18(25)12-19(17)24)13-26-29-22(27-28-23(29)32)16-5-3-2-4-6-16/h2-12,26H,13-14H2,1H3,(H,28,32). The van der Waals surface area contributed by atoms with Crippen LogP contribution >= 0.6 is 23.8 Å². The molecular formula is C23H20ClFN4O2S. The third-order valence-corrected chi connectivity index (χ3v) is 5.40. The van der Waals surface area contributed by atoms with Crippen LogP contribution in [0.15, 0.2) is 66.7 Å². The monoisotopic (exact) mass is 470 g/mol. The number of aromatic nitrogens is 3. The summed E-state index contributed by atoms with van der Waals surface area (Å²) in [6, 6.07) is 19.6. The van der Waals surface area contributed by atoms with Crippen molar-refractivity contribution < 1.29 is 13.9 Å². The summed E-state index contributed by atoms with van der Waals surface area (Å²) in [5, 5.41) is 7.45. The van der Waals surface area contributed by atoms with Gasteiger partial charge in [-0.25, -0.2) is 14.2 Å². The van der Waals surface area contributed by atoms with E-state index in [0.717, 1.165) is 11.1 Å². The molecule has 3 aromatic carbocycles. The molecular weight excluding hydrogens is 451 g/mol. The zero-order valence-corrected chi connectivity index (χ0v) is 18.7. The minimum absolute atomic E-state index is 0.192. The van der Waals surface area contributed by atoms with Crippen LogP contribution in [-0.2, 0) is 13.2 Å². The predicted octanol–water partition coefficient (Wildman–Crippen LogP) is 5.73. The highest BCUT2D eigenvalue weighted by atomic mass is 35.5. The fraction of sp³-hybridized carbons (Fsp3) is 0.130. The molecule has 0 aliphatic carbocycles. The van der Waals surface area contributed by atoms with Crippen LogP contribution in [0.5, 0.6) is 11.5 Å². The molecule has 32 heavy (non-hydrogen) atoms. The van der Waals surface area contributed by atoms with E-state index in [2.05, 4.69) is 15.6 Å². The highest BCUT2D eigenvalue weighted by Crippen LogP contribution is 2.30. The van der Waals surface area contributed by atoms with Gasteiger partial charge in [0.05, 0.1) is 18.7 Å². The number of hydrogen-bond acceptors (Lipinski definition) is 5. The summed E-state index contributed by atoms with van der Waals surface area (Å²) in [4.78, 5) is 0. The van der Waals surface area contributed by atoms with E-state index in [4.69, 9.17) is 33.3 Å². The first-order valence-electron chi connectivity index (χ1n) is 9.75. The second-order valence-electron chi connectivity index (χ2n) is 6.90. The second kappa shape index (κ2) is 9.84. The topological polar surface area (TPSA) is 64.1 Å². The summed E-state index contributed by atoms with van der Waals surface area (Å²) in [5.41, 5.74) is 5.86. The van der Waals surface area contributed by atoms with Crippen LogP contribution in [0.25, 0.3) is 11.4 Å². The lowest BCUT2D eigenvalue weighted by atomic mass is 10.2. The Morgan fingerprint density at radius 1 is 1.09 bits per heavy atom. The average molecular weight is 471 g/mol. The molecule has 0 amide bonds. The number of rotatable bonds is 8. The van der Waals surface area contributed by atoms with Crippen LogP contribution in [0, 0.1) is 10.6 Å². The Kier molecular flexibility index (Phi) is 6.72. The van der Waals surface area contributed by atoms with Crippen LogP contribution in [0.1, 0.15) is 11.1 Å². The smallest absolute Gasteiger partial charge is 0.214 e. The van der Waals surface area contributed by atoms with E-state index in [1.54, 1.807) is 17.9 Å². The normalized spacial score (nSPS) is 10.7. The Morgan fingerprint density at radius 3 is 2.66 bits per heavy atom. The number of halogens is 2. The lowest BCUT2D eigenvalue weighted by Gasteiger charge is -2.14. The Hall–Kier alpha value is -3.36. The van der Waals surface area contributed by atoms with Gasteiger partial charge in [0.25, 0.3) is 0 Å². The van der Waals surface area contributed by atoms with Gasteiger partial charge in [-0.1, -0.05) is 54.1 Å². The Morgan fingerprint density at radius 2 is 1.91 bits per heavy atom. The van der Waals surface area contributed by atoms with Crippen LogP contribution in [-0.4, -0.2) is 22.0 Å². The number of hydrogen-bond donors (Lipinski definition) is 2. The van der Waals surface area contributed by atoms with E-state index < -0.39 is 0 Å². The van der Waals surface area contributed by atoms with Crippen molar-refractivity contribution in [2.45, 2.75) is 13.2 Å². The summed E-state index contributed by atoms with van der Waals surface area (Å²) in [5.74, 6) is 1.43. The molecule has 9 heteroatoms. The van der Waals surface area contributed by atoms with E-state index in [9.17, 15) is 4.39 Å². The van der Waals surface area contributed by atoms with Gasteiger partial charge in [-0.15, -0.1) is 0 Å². The molecule has 0 saturated carbocycles. The second-order valence-corrected chi connectivity index (χ2v) is 7.69. The summed E-state index contributed by atoms with van der Waals surface area (Å²) >= 11 is 11.4. The summed E-state index contributed by atoms with van der Waals surface area (Å²) in [6.07, 6.45) is 0. The van der Waals surface area contributed by atoms with Gasteiger partial charge in [0.15, 0.2) is 17.3 Å². The molecule has 0 radical (unpaired) electrons. The maximum Gasteiger partial charge on any atom is 0.214 e. The largest absolute Gasteiger partial charge is 0.493 e. The van der Waals surface area contributed by atoms with Crippen molar-refractivity contribution in [1.82, 2.24) is 14.9 Å². The lowest BCUT2D eigenvalue weighted by Crippen LogP contribution is -2.16. The average Bonchev–Trinajstić information content (AvgIpc) is 3.18. The molecule has 4 aromatic rings. The first-order chi connectivity index (χ1) is 15.5. The highest BCUT2D eigenvalue weighted by Gasteiger charge is 2.11. The van der Waals surface area contributed by atoms with Crippen molar-refractivity contribution in [3.05, 3.63) is 93.5 Å². The van der Waals surface area contributed by atoms with Gasteiger partial charge in [0, 0.05) is 11.1 Å². The Labute approximate surface area is 194 Å². The third-order valence-electron chi connectivity index (χ3n) is 4.77. The number of nitrogens with zero attached hydrogens (tertiary/aromatic N) is 2. The fourth-order valence-corrected chi connectivity index (χ4v) is 3.55. The van der Waals surface area contributed by atoms with Crippen LogP contribution in [0.3, 0.4) is 0 Å². The number of methoxy groups -OCH3 is 1. The van der Waals surface area contributed by atoms with Crippen molar-refractivity contribution in [1.29, 1.82) is 0 Å². The van der Waals surface area contributed by atoms with Crippen molar-refractivity contribution in [3.8, 4) is 22.9 Å². The first kappa shape index (κ1) is 21.9. The van der Waals surface area contributed by atoms with Gasteiger partial charge in [0.2, 0.25) is 4.77 Å². The number of aromatic amines is 1. The van der Waals surface area contributed by atoms with Crippen molar-refractivity contribution >= 4 is 23.8 Å². The van der Waals surface area contributed by atoms with Gasteiger partial charge in [-0.05, 0) is 42.0 Å². The van der Waals surface area contributed by atoms with E-state index >= 15 is 0 Å². The van der Waals surface area contributed by atoms with E-state index in [1.165, 1.54) is 12.1 Å². The number of benzene rings is 3. The minimum atomic E-state index is -0.388. The number of nitrogens with one attached hydrogen (secondary N) is 2. The van der Waals surface area contributed by atoms with E-state index in [1.807, 2.05) is 48.5 Å². The molecule has 4 rings (SSSR count). The molecule has 1 heterocycles. The quantitative estimate of drug-likeness (QED) is 0.322. The molecule has 0 aliphatic rings. The number of H-pyrrole nitrogens is 1. The zero-order chi connectivity index (χ0) is 22.5. The van der Waals surface area contributed by atoms with Crippen molar-refractivity contribution in [3.63, 3.8) is 0 Å². The lowest BCUT2D eigenvalue weighted by molar-refractivity contribution is 0.284. The molecule has 0 atom stereocenters. The molecule has 0 bridgehead atoms. The minimum Gasteiger partial charge on any atom is -0.493 e. The molecule has 2 N–H and O–H groups in total. The van der Waals surface area contributed by atoms with Gasteiger partial charge >= 0.3 is 0 Å². The molecule has 0 saturated heterocycles. The van der Waals surface area contributed by atoms with Gasteiger partial charge < -0.3 is 14.9 Å². The van der Waals surface area contributed by atoms with Crippen molar-refractivity contribution in [2.24, 2.45) is 0 Å². The van der Waals surface area contributed by atoms with Gasteiger partial charge in [-0.2, -0.15) is 5.10 Å². The first-order valence-corrected chi connectivity index (χ1v) is 10.5. The Bertz CT molecular complexity index is 1280. The highest BCUT2D eigenvalue weighted by molar-refractivity contribution is 7.71. The van der Waals surface area contributed by atoms with Crippen LogP contribution in [0.4, 0.5) is 4.39 Å². The predicted molar refractivity (Wildman–Crippen MR) is 125 cm³/mol. The zero-order valence-electron chi connectivity index (χ0n) is 17.1. The van der Waals surface area contributed by atoms with Gasteiger partial charge in [-0.3, -0.25) is 0 Å². The molecule has 6 nitrogen and oxygen atoms in total. The summed E-state index contributed by atoms with van der Waals surface area (Å²) in [6.45, 7) is 0.672. The molecule has 0 aliphatic heterocycles. The van der Waals surface area contributed by atoms with E-state index in [-0.39, 0.29) is 12.4 Å². The molecule has 0 unspecified atom stereocenters. The number of ether oxygens (including phenoxy) is 2. The maximum atomic E-state index is 13.2. The fourth-order valence-electron chi connectivity index (χ4n) is 3.13. The van der Waals surface area contributed by atoms with E-state index in [0.29, 0.717) is 39.2 Å². The summed E-state index contributed by atoms with van der Waals surface area (Å²) < 4.78 is 26.8. The van der Waals surface area contributed by atoms with Gasteiger partial charge in [0.1, 0.15) is 12.4 Å². The van der Waals surface area contributed by atoms with Crippen LogP contribution < -0.4 is 14.9 Å².